The second kappa shape index (κ2) is 10.0. The summed E-state index contributed by atoms with van der Waals surface area (Å²) in [7, 11) is 0. The number of halogens is 2. The van der Waals surface area contributed by atoms with Crippen LogP contribution < -0.4 is 5.73 Å². The summed E-state index contributed by atoms with van der Waals surface area (Å²) in [6, 6.07) is 3.34. The van der Waals surface area contributed by atoms with Gasteiger partial charge in [0.25, 0.3) is 5.92 Å². The summed E-state index contributed by atoms with van der Waals surface area (Å²) >= 11 is 0. The molecule has 4 atom stereocenters. The zero-order valence-corrected chi connectivity index (χ0v) is 20.7. The fourth-order valence-electron chi connectivity index (χ4n) is 4.64. The molecule has 2 saturated heterocycles. The van der Waals surface area contributed by atoms with Crippen LogP contribution in [-0.2, 0) is 9.47 Å². The number of carbonyl (C=O) groups excluding carboxylic acids is 1. The highest BCUT2D eigenvalue weighted by Crippen LogP contribution is 2.35. The third-order valence-corrected chi connectivity index (χ3v) is 6.37. The topological polar surface area (TPSA) is 139 Å². The summed E-state index contributed by atoms with van der Waals surface area (Å²) in [5.74, 6) is -2.74. The number of aliphatic hydroxyl groups is 2. The first-order valence-electron chi connectivity index (χ1n) is 12.0. The molecular weight excluding hydrogens is 478 g/mol. The van der Waals surface area contributed by atoms with Crippen molar-refractivity contribution in [2.24, 2.45) is 0 Å². The van der Waals surface area contributed by atoms with E-state index in [2.05, 4.69) is 10.1 Å². The molecule has 0 aromatic carbocycles. The predicted molar refractivity (Wildman–Crippen MR) is 125 cm³/mol. The molecule has 13 heteroatoms. The molecule has 2 aromatic heterocycles. The molecule has 0 radical (unpaired) electrons. The van der Waals surface area contributed by atoms with Gasteiger partial charge in [-0.3, -0.25) is 4.90 Å². The lowest BCUT2D eigenvalue weighted by atomic mass is 10.1. The molecule has 0 bridgehead atoms. The average molecular weight is 513 g/mol. The Morgan fingerprint density at radius 3 is 2.72 bits per heavy atom. The number of hydrogen-bond acceptors (Lipinski definition) is 9. The highest BCUT2D eigenvalue weighted by molar-refractivity contribution is 5.68. The number of ether oxygens (including phenoxy) is 2. The van der Waals surface area contributed by atoms with Crippen molar-refractivity contribution in [2.45, 2.75) is 69.6 Å². The van der Waals surface area contributed by atoms with Gasteiger partial charge < -0.3 is 30.3 Å². The summed E-state index contributed by atoms with van der Waals surface area (Å²) in [4.78, 5) is 19.4. The highest BCUT2D eigenvalue weighted by Gasteiger charge is 2.46. The summed E-state index contributed by atoms with van der Waals surface area (Å²) in [6.45, 7) is 5.09. The summed E-state index contributed by atoms with van der Waals surface area (Å²) in [5.41, 5.74) is 6.14. The minimum absolute atomic E-state index is 0.0626. The smallest absolute Gasteiger partial charge is 0.410 e. The fourth-order valence-corrected chi connectivity index (χ4v) is 4.64. The van der Waals surface area contributed by atoms with Crippen molar-refractivity contribution in [3.8, 4) is 0 Å². The van der Waals surface area contributed by atoms with Crippen LogP contribution in [0.5, 0.6) is 0 Å². The van der Waals surface area contributed by atoms with Gasteiger partial charge in [-0.05, 0) is 39.3 Å². The first kappa shape index (κ1) is 26.5. The normalized spacial score (nSPS) is 28.0. The van der Waals surface area contributed by atoms with E-state index < -0.39 is 48.6 Å². The van der Waals surface area contributed by atoms with Gasteiger partial charge in [0.2, 0.25) is 0 Å². The molecule has 2 aliphatic heterocycles. The van der Waals surface area contributed by atoms with Gasteiger partial charge in [0.05, 0.1) is 18.3 Å². The van der Waals surface area contributed by atoms with Gasteiger partial charge >= 0.3 is 6.09 Å². The summed E-state index contributed by atoms with van der Waals surface area (Å²) in [5, 5.41) is 25.6. The van der Waals surface area contributed by atoms with E-state index in [-0.39, 0.29) is 44.8 Å². The van der Waals surface area contributed by atoms with Gasteiger partial charge in [-0.25, -0.2) is 23.1 Å². The van der Waals surface area contributed by atoms with Crippen LogP contribution in [-0.4, -0.2) is 103 Å². The first-order valence-corrected chi connectivity index (χ1v) is 12.0. The number of nitrogen functional groups attached to an aromatic ring is 1. The van der Waals surface area contributed by atoms with Crippen LogP contribution in [0.1, 0.15) is 45.4 Å². The van der Waals surface area contributed by atoms with E-state index in [9.17, 15) is 23.8 Å². The van der Waals surface area contributed by atoms with Crippen LogP contribution in [0.2, 0.25) is 0 Å². The van der Waals surface area contributed by atoms with Crippen molar-refractivity contribution in [3.05, 3.63) is 24.2 Å². The minimum atomic E-state index is -2.99. The molecule has 1 amide bonds. The number of amides is 1. The van der Waals surface area contributed by atoms with Gasteiger partial charge in [-0.2, -0.15) is 5.10 Å². The highest BCUT2D eigenvalue weighted by atomic mass is 19.3. The number of aromatic nitrogens is 3. The molecule has 4 heterocycles. The van der Waals surface area contributed by atoms with E-state index in [1.165, 1.54) is 20.6 Å². The Morgan fingerprint density at radius 1 is 1.25 bits per heavy atom. The third kappa shape index (κ3) is 5.85. The van der Waals surface area contributed by atoms with Crippen molar-refractivity contribution in [1.82, 2.24) is 24.4 Å². The maximum Gasteiger partial charge on any atom is 0.410 e. The quantitative estimate of drug-likeness (QED) is 0.558. The van der Waals surface area contributed by atoms with Gasteiger partial charge in [-0.15, -0.1) is 0 Å². The lowest BCUT2D eigenvalue weighted by molar-refractivity contribution is -0.0608. The van der Waals surface area contributed by atoms with E-state index in [0.717, 1.165) is 0 Å². The zero-order valence-electron chi connectivity index (χ0n) is 20.7. The molecule has 0 unspecified atom stereocenters. The van der Waals surface area contributed by atoms with Crippen LogP contribution in [0.15, 0.2) is 18.5 Å². The van der Waals surface area contributed by atoms with Crippen molar-refractivity contribution in [1.29, 1.82) is 0 Å². The largest absolute Gasteiger partial charge is 0.444 e. The van der Waals surface area contributed by atoms with Gasteiger partial charge in [0, 0.05) is 32.6 Å². The van der Waals surface area contributed by atoms with Crippen LogP contribution in [0, 0.1) is 0 Å². The van der Waals surface area contributed by atoms with E-state index >= 15 is 0 Å². The number of fused-ring (bicyclic) bond motifs is 1. The molecule has 4 rings (SSSR count). The predicted octanol–water partition coefficient (Wildman–Crippen LogP) is 1.44. The van der Waals surface area contributed by atoms with Crippen molar-refractivity contribution in [2.75, 3.05) is 38.5 Å². The zero-order chi connectivity index (χ0) is 26.3. The van der Waals surface area contributed by atoms with Gasteiger partial charge in [0.1, 0.15) is 35.8 Å². The number of nitrogens with two attached hydrogens (primary N) is 1. The number of aliphatic hydroxyl groups excluding tert-OH is 2. The number of alkyl halides is 2. The van der Waals surface area contributed by atoms with Crippen LogP contribution in [0.25, 0.3) is 5.52 Å². The Kier molecular flexibility index (Phi) is 7.37. The SMILES string of the molecule is CC(C)(C)OC(=O)N1CCCC(F)(F)CN(C[C@H]2O[C@@H](c3ccc4c(N)ncnn34)[C@H](O)[C@@H]2O)CC1. The van der Waals surface area contributed by atoms with Crippen molar-refractivity contribution in [3.63, 3.8) is 0 Å². The lowest BCUT2D eigenvalue weighted by Crippen LogP contribution is -2.47. The van der Waals surface area contributed by atoms with Gasteiger partial charge in [0.15, 0.2) is 5.82 Å². The first-order chi connectivity index (χ1) is 16.8. The Bertz CT molecular complexity index is 1080. The Balaban J connectivity index is 1.48. The number of nitrogens with zero attached hydrogens (tertiary/aromatic N) is 5. The lowest BCUT2D eigenvalue weighted by Gasteiger charge is -2.31. The Labute approximate surface area is 207 Å². The standard InChI is InChI=1S/C23H34F2N6O5/c1-22(2,3)36-21(34)30-8-4-7-23(24,25)12-29(9-10-30)11-16-17(32)18(33)19(35-16)14-5-6-15-20(26)27-13-28-31(14)15/h5-6,13,16-19,32-33H,4,7-12H2,1-3H3,(H2,26,27,28)/t16-,17-,18-,19+/m1/s1. The monoisotopic (exact) mass is 512 g/mol. The molecule has 0 aliphatic carbocycles. The third-order valence-electron chi connectivity index (χ3n) is 6.37. The fraction of sp³-hybridized carbons (Fsp3) is 0.696. The second-order valence-corrected chi connectivity index (χ2v) is 10.4. The van der Waals surface area contributed by atoms with E-state index in [1.807, 2.05) is 0 Å². The minimum Gasteiger partial charge on any atom is -0.444 e. The maximum atomic E-state index is 14.7. The number of hydrogen-bond donors (Lipinski definition) is 3. The maximum absolute atomic E-state index is 14.7. The molecule has 2 aromatic rings. The molecule has 4 N–H and O–H groups in total. The van der Waals surface area contributed by atoms with Crippen LogP contribution in [0.4, 0.5) is 19.4 Å². The number of rotatable bonds is 3. The second-order valence-electron chi connectivity index (χ2n) is 10.4. The molecule has 0 saturated carbocycles. The van der Waals surface area contributed by atoms with Crippen molar-refractivity contribution >= 4 is 17.4 Å². The summed E-state index contributed by atoms with van der Waals surface area (Å²) < 4.78 is 42.2. The molecule has 200 valence electrons. The molecule has 36 heavy (non-hydrogen) atoms. The molecule has 2 aliphatic rings. The average Bonchev–Trinajstić information content (AvgIpc) is 3.33. The number of carbonyl (C=O) groups is 1. The molecular formula is C23H34F2N6O5. The van der Waals surface area contributed by atoms with Crippen LogP contribution in [0.3, 0.4) is 0 Å². The molecule has 11 nitrogen and oxygen atoms in total. The van der Waals surface area contributed by atoms with Crippen molar-refractivity contribution < 1.29 is 33.3 Å². The van der Waals surface area contributed by atoms with Gasteiger partial charge in [-0.1, -0.05) is 0 Å². The Hall–Kier alpha value is -2.61. The number of anilines is 1. The summed E-state index contributed by atoms with van der Waals surface area (Å²) in [6.07, 6.45) is -4.05. The Morgan fingerprint density at radius 2 is 2.00 bits per heavy atom. The van der Waals surface area contributed by atoms with E-state index in [1.54, 1.807) is 32.9 Å². The van der Waals surface area contributed by atoms with Crippen LogP contribution >= 0.6 is 0 Å². The molecule has 2 fully saturated rings. The molecule has 0 spiro atoms. The van der Waals surface area contributed by atoms with E-state index in [4.69, 9.17) is 15.2 Å². The van der Waals surface area contributed by atoms with E-state index in [0.29, 0.717) is 11.2 Å².